The maximum atomic E-state index is 13.1. The summed E-state index contributed by atoms with van der Waals surface area (Å²) in [5.41, 5.74) is 3.29. The Balaban J connectivity index is 1.46. The van der Waals surface area contributed by atoms with Gasteiger partial charge in [0.1, 0.15) is 5.82 Å². The molecule has 0 bridgehead atoms. The number of aryl methyl sites for hydroxylation is 1. The third kappa shape index (κ3) is 2.63. The molecule has 27 heavy (non-hydrogen) atoms. The van der Waals surface area contributed by atoms with Crippen LogP contribution in [0.2, 0.25) is 0 Å². The minimum atomic E-state index is -0.173. The van der Waals surface area contributed by atoms with E-state index in [-0.39, 0.29) is 11.9 Å². The Kier molecular flexibility index (Phi) is 3.76. The molecule has 1 atom stereocenters. The highest BCUT2D eigenvalue weighted by atomic mass is 32.1. The average molecular weight is 397 g/mol. The van der Waals surface area contributed by atoms with Gasteiger partial charge >= 0.3 is 0 Å². The van der Waals surface area contributed by atoms with Crippen molar-refractivity contribution in [3.05, 3.63) is 40.9 Å². The van der Waals surface area contributed by atoms with Crippen LogP contribution in [0.5, 0.6) is 0 Å². The van der Waals surface area contributed by atoms with E-state index in [9.17, 15) is 4.79 Å². The van der Waals surface area contributed by atoms with E-state index in [0.717, 1.165) is 32.7 Å². The number of thiazole rings is 1. The second-order valence-electron chi connectivity index (χ2n) is 6.39. The Bertz CT molecular complexity index is 1160. The molecule has 0 spiro atoms. The first-order chi connectivity index (χ1) is 13.1. The molecule has 0 unspecified atom stereocenters. The Morgan fingerprint density at radius 3 is 2.96 bits per heavy atom. The van der Waals surface area contributed by atoms with Crippen molar-refractivity contribution in [2.75, 3.05) is 6.54 Å². The van der Waals surface area contributed by atoms with Crippen molar-refractivity contribution in [3.8, 4) is 10.8 Å². The number of amides is 1. The molecule has 0 aliphatic carbocycles. The topological polar surface area (TPSA) is 89.7 Å². The number of nitrogens with zero attached hydrogens (tertiary/aromatic N) is 7. The van der Waals surface area contributed by atoms with Gasteiger partial charge in [0.05, 0.1) is 21.8 Å². The summed E-state index contributed by atoms with van der Waals surface area (Å²) in [6.45, 7) is 5.06. The summed E-state index contributed by atoms with van der Waals surface area (Å²) in [7, 11) is 0. The maximum Gasteiger partial charge on any atom is 0.254 e. The number of benzene rings is 1. The van der Waals surface area contributed by atoms with Crippen molar-refractivity contribution in [3.63, 3.8) is 0 Å². The standard InChI is InChI=1S/C17H15N7OS2/c1-9-14-20-21-15(16-19-10(2)22-27-16)24(14)6-5-23(9)17(25)11-3-4-13-12(7-11)18-8-26-13/h3-4,7-9H,5-6H2,1-2H3/t9-/m1/s1. The SMILES string of the molecule is Cc1nsc(-c2nnc3n2CCN(C(=O)c2ccc4scnc4c2)[C@@H]3C)n1. The Labute approximate surface area is 162 Å². The van der Waals surface area contributed by atoms with Crippen LogP contribution in [0.25, 0.3) is 21.0 Å². The molecule has 0 saturated carbocycles. The third-order valence-corrected chi connectivity index (χ3v) is 6.35. The molecule has 1 aromatic carbocycles. The van der Waals surface area contributed by atoms with Gasteiger partial charge in [-0.1, -0.05) is 0 Å². The van der Waals surface area contributed by atoms with Crippen LogP contribution in [0, 0.1) is 6.92 Å². The molecule has 8 nitrogen and oxygen atoms in total. The van der Waals surface area contributed by atoms with Gasteiger partial charge in [0.2, 0.25) is 0 Å². The molecule has 0 radical (unpaired) electrons. The fourth-order valence-corrected chi connectivity index (χ4v) is 4.69. The van der Waals surface area contributed by atoms with E-state index < -0.39 is 0 Å². The van der Waals surface area contributed by atoms with Crippen LogP contribution in [0.15, 0.2) is 23.7 Å². The number of carbonyl (C=O) groups is 1. The Morgan fingerprint density at radius 1 is 1.26 bits per heavy atom. The predicted octanol–water partition coefficient (Wildman–Crippen LogP) is 2.93. The largest absolute Gasteiger partial charge is 0.327 e. The molecule has 10 heteroatoms. The van der Waals surface area contributed by atoms with Gasteiger partial charge in [0, 0.05) is 18.7 Å². The van der Waals surface area contributed by atoms with Crippen molar-refractivity contribution in [1.82, 2.24) is 34.0 Å². The van der Waals surface area contributed by atoms with E-state index in [1.165, 1.54) is 11.5 Å². The van der Waals surface area contributed by atoms with Gasteiger partial charge in [0.15, 0.2) is 16.7 Å². The highest BCUT2D eigenvalue weighted by molar-refractivity contribution is 7.16. The lowest BCUT2D eigenvalue weighted by atomic mass is 10.1. The first-order valence-electron chi connectivity index (χ1n) is 8.50. The van der Waals surface area contributed by atoms with Crippen molar-refractivity contribution in [1.29, 1.82) is 0 Å². The van der Waals surface area contributed by atoms with Gasteiger partial charge in [-0.05, 0) is 43.6 Å². The summed E-state index contributed by atoms with van der Waals surface area (Å²) in [6, 6.07) is 5.50. The monoisotopic (exact) mass is 397 g/mol. The van der Waals surface area contributed by atoms with Gasteiger partial charge < -0.3 is 9.47 Å². The summed E-state index contributed by atoms with van der Waals surface area (Å²) >= 11 is 2.89. The average Bonchev–Trinajstić information content (AvgIpc) is 3.39. The number of fused-ring (bicyclic) bond motifs is 2. The number of hydrogen-bond acceptors (Lipinski definition) is 8. The highest BCUT2D eigenvalue weighted by Crippen LogP contribution is 2.30. The lowest BCUT2D eigenvalue weighted by molar-refractivity contribution is 0.0638. The van der Waals surface area contributed by atoms with Crippen LogP contribution in [0.1, 0.15) is 35.0 Å². The molecular weight excluding hydrogens is 382 g/mol. The molecule has 136 valence electrons. The minimum absolute atomic E-state index is 0.0139. The summed E-state index contributed by atoms with van der Waals surface area (Å²) in [4.78, 5) is 23.6. The number of rotatable bonds is 2. The molecule has 1 aliphatic rings. The van der Waals surface area contributed by atoms with E-state index in [1.54, 1.807) is 16.8 Å². The van der Waals surface area contributed by atoms with Crippen LogP contribution < -0.4 is 0 Å². The van der Waals surface area contributed by atoms with Crippen molar-refractivity contribution >= 4 is 39.0 Å². The number of aromatic nitrogens is 6. The maximum absolute atomic E-state index is 13.1. The lowest BCUT2D eigenvalue weighted by Crippen LogP contribution is -2.41. The zero-order chi connectivity index (χ0) is 18.5. The second-order valence-corrected chi connectivity index (χ2v) is 8.03. The van der Waals surface area contributed by atoms with Crippen molar-refractivity contribution in [2.24, 2.45) is 0 Å². The molecule has 0 saturated heterocycles. The van der Waals surface area contributed by atoms with E-state index in [1.807, 2.05) is 41.5 Å². The highest BCUT2D eigenvalue weighted by Gasteiger charge is 2.32. The van der Waals surface area contributed by atoms with Crippen molar-refractivity contribution in [2.45, 2.75) is 26.4 Å². The van der Waals surface area contributed by atoms with Gasteiger partial charge in [0.25, 0.3) is 5.91 Å². The second kappa shape index (κ2) is 6.17. The molecular formula is C17H15N7OS2. The number of carbonyl (C=O) groups excluding carboxylic acids is 1. The van der Waals surface area contributed by atoms with Crippen LogP contribution in [0.3, 0.4) is 0 Å². The first-order valence-corrected chi connectivity index (χ1v) is 10.1. The molecule has 4 heterocycles. The number of hydrogen-bond donors (Lipinski definition) is 0. The molecule has 5 rings (SSSR count). The van der Waals surface area contributed by atoms with Crippen LogP contribution in [0.4, 0.5) is 0 Å². The van der Waals surface area contributed by atoms with Crippen molar-refractivity contribution < 1.29 is 4.79 Å². The van der Waals surface area contributed by atoms with E-state index in [4.69, 9.17) is 0 Å². The van der Waals surface area contributed by atoms with Gasteiger partial charge in [-0.3, -0.25) is 4.79 Å². The van der Waals surface area contributed by atoms with Gasteiger partial charge in [-0.2, -0.15) is 4.37 Å². The third-order valence-electron chi connectivity index (χ3n) is 4.74. The van der Waals surface area contributed by atoms with Crippen LogP contribution >= 0.6 is 22.9 Å². The Morgan fingerprint density at radius 2 is 2.15 bits per heavy atom. The summed E-state index contributed by atoms with van der Waals surface area (Å²) < 4.78 is 7.34. The van der Waals surface area contributed by atoms with Gasteiger partial charge in [-0.15, -0.1) is 21.5 Å². The Hall–Kier alpha value is -2.72. The smallest absolute Gasteiger partial charge is 0.254 e. The van der Waals surface area contributed by atoms with E-state index >= 15 is 0 Å². The molecule has 4 aromatic rings. The first kappa shape index (κ1) is 16.5. The minimum Gasteiger partial charge on any atom is -0.327 e. The lowest BCUT2D eigenvalue weighted by Gasteiger charge is -2.33. The molecule has 1 amide bonds. The summed E-state index contributed by atoms with van der Waals surface area (Å²) in [6.07, 6.45) is 0. The zero-order valence-electron chi connectivity index (χ0n) is 14.7. The molecule has 0 N–H and O–H groups in total. The van der Waals surface area contributed by atoms with Gasteiger partial charge in [-0.25, -0.2) is 9.97 Å². The van der Waals surface area contributed by atoms with Crippen LogP contribution in [-0.2, 0) is 6.54 Å². The van der Waals surface area contributed by atoms with E-state index in [0.29, 0.717) is 18.7 Å². The fraction of sp³-hybridized carbons (Fsp3) is 0.294. The zero-order valence-corrected chi connectivity index (χ0v) is 16.3. The normalized spacial score (nSPS) is 16.7. The fourth-order valence-electron chi connectivity index (χ4n) is 3.37. The predicted molar refractivity (Wildman–Crippen MR) is 103 cm³/mol. The molecule has 3 aromatic heterocycles. The summed E-state index contributed by atoms with van der Waals surface area (Å²) in [5.74, 6) is 2.20. The van der Waals surface area contributed by atoms with Crippen LogP contribution in [-0.4, -0.2) is 46.5 Å². The quantitative estimate of drug-likeness (QED) is 0.517. The van der Waals surface area contributed by atoms with E-state index in [2.05, 4.69) is 24.5 Å². The summed E-state index contributed by atoms with van der Waals surface area (Å²) in [5, 5.41) is 9.40. The molecule has 0 fully saturated rings. The molecule has 1 aliphatic heterocycles.